The van der Waals surface area contributed by atoms with E-state index in [1.54, 1.807) is 0 Å². The molecular formula is C13H24O2. The average Bonchev–Trinajstić information content (AvgIpc) is 2.47. The first-order chi connectivity index (χ1) is 6.88. The first kappa shape index (κ1) is 12.7. The molecule has 0 aromatic rings. The highest BCUT2D eigenvalue weighted by atomic mass is 16.3. The molecule has 0 aromatic carbocycles. The van der Waals surface area contributed by atoms with Crippen molar-refractivity contribution in [1.29, 1.82) is 0 Å². The molecule has 15 heavy (non-hydrogen) atoms. The molecule has 0 radical (unpaired) electrons. The van der Waals surface area contributed by atoms with Gasteiger partial charge in [-0.2, -0.15) is 0 Å². The predicted octanol–water partition coefficient (Wildman–Crippen LogP) is 2.93. The Morgan fingerprint density at radius 2 is 2.00 bits per heavy atom. The molecule has 2 unspecified atom stereocenters. The van der Waals surface area contributed by atoms with Gasteiger partial charge in [-0.15, -0.1) is 0 Å². The SMILES string of the molecule is CC(C)(C)CCC(=O)CC1CCCC1O. The van der Waals surface area contributed by atoms with Gasteiger partial charge in [-0.05, 0) is 30.6 Å². The van der Waals surface area contributed by atoms with Crippen LogP contribution in [0.1, 0.15) is 59.3 Å². The summed E-state index contributed by atoms with van der Waals surface area (Å²) in [4.78, 5) is 11.7. The molecular weight excluding hydrogens is 188 g/mol. The summed E-state index contributed by atoms with van der Waals surface area (Å²) < 4.78 is 0. The molecule has 88 valence electrons. The monoisotopic (exact) mass is 212 g/mol. The molecule has 1 rings (SSSR count). The van der Waals surface area contributed by atoms with Crippen molar-refractivity contribution < 1.29 is 9.90 Å². The van der Waals surface area contributed by atoms with Crippen molar-refractivity contribution in [2.24, 2.45) is 11.3 Å². The van der Waals surface area contributed by atoms with Crippen molar-refractivity contribution in [1.82, 2.24) is 0 Å². The number of hydrogen-bond acceptors (Lipinski definition) is 2. The van der Waals surface area contributed by atoms with E-state index < -0.39 is 0 Å². The van der Waals surface area contributed by atoms with Gasteiger partial charge in [0.25, 0.3) is 0 Å². The number of Topliss-reactive ketones (excluding diaryl/α,β-unsaturated/α-hetero) is 1. The molecule has 0 heterocycles. The topological polar surface area (TPSA) is 37.3 Å². The van der Waals surface area contributed by atoms with Crippen molar-refractivity contribution in [3.8, 4) is 0 Å². The number of carbonyl (C=O) groups is 1. The number of aliphatic hydroxyl groups excluding tert-OH is 1. The quantitative estimate of drug-likeness (QED) is 0.778. The van der Waals surface area contributed by atoms with Crippen LogP contribution in [0.5, 0.6) is 0 Å². The zero-order valence-electron chi connectivity index (χ0n) is 10.3. The zero-order valence-corrected chi connectivity index (χ0v) is 10.3. The van der Waals surface area contributed by atoms with Crippen LogP contribution in [0.3, 0.4) is 0 Å². The van der Waals surface area contributed by atoms with Gasteiger partial charge in [0.15, 0.2) is 0 Å². The lowest BCUT2D eigenvalue weighted by Gasteiger charge is -2.18. The zero-order chi connectivity index (χ0) is 11.5. The van der Waals surface area contributed by atoms with E-state index in [9.17, 15) is 9.90 Å². The molecule has 1 N–H and O–H groups in total. The number of hydrogen-bond donors (Lipinski definition) is 1. The summed E-state index contributed by atoms with van der Waals surface area (Å²) in [6.07, 6.45) is 5.00. The predicted molar refractivity (Wildman–Crippen MR) is 61.7 cm³/mol. The van der Waals surface area contributed by atoms with Crippen LogP contribution >= 0.6 is 0 Å². The molecule has 0 aromatic heterocycles. The Kier molecular flexibility index (Phi) is 4.32. The van der Waals surface area contributed by atoms with Gasteiger partial charge in [0.2, 0.25) is 0 Å². The summed E-state index contributed by atoms with van der Waals surface area (Å²) in [5, 5.41) is 9.61. The van der Waals surface area contributed by atoms with Crippen molar-refractivity contribution in [2.75, 3.05) is 0 Å². The number of aliphatic hydroxyl groups is 1. The van der Waals surface area contributed by atoms with Crippen LogP contribution in [-0.4, -0.2) is 17.0 Å². The van der Waals surface area contributed by atoms with Crippen LogP contribution in [0.4, 0.5) is 0 Å². The molecule has 1 saturated carbocycles. The number of rotatable bonds is 4. The van der Waals surface area contributed by atoms with Gasteiger partial charge in [-0.25, -0.2) is 0 Å². The highest BCUT2D eigenvalue weighted by molar-refractivity contribution is 5.78. The fourth-order valence-electron chi connectivity index (χ4n) is 2.16. The maximum Gasteiger partial charge on any atom is 0.133 e. The van der Waals surface area contributed by atoms with Crippen LogP contribution in [0.25, 0.3) is 0 Å². The van der Waals surface area contributed by atoms with Gasteiger partial charge in [-0.3, -0.25) is 4.79 Å². The van der Waals surface area contributed by atoms with Crippen LogP contribution in [0, 0.1) is 11.3 Å². The Hall–Kier alpha value is -0.370. The first-order valence-electron chi connectivity index (χ1n) is 6.08. The number of ketones is 1. The molecule has 1 aliphatic rings. The Balaban J connectivity index is 2.24. The van der Waals surface area contributed by atoms with Gasteiger partial charge < -0.3 is 5.11 Å². The van der Waals surface area contributed by atoms with Gasteiger partial charge >= 0.3 is 0 Å². The maximum absolute atomic E-state index is 11.7. The third-order valence-corrected chi connectivity index (χ3v) is 3.26. The second-order valence-electron chi connectivity index (χ2n) is 6.06. The molecule has 2 heteroatoms. The van der Waals surface area contributed by atoms with Gasteiger partial charge in [0.1, 0.15) is 5.78 Å². The smallest absolute Gasteiger partial charge is 0.133 e. The highest BCUT2D eigenvalue weighted by Gasteiger charge is 2.27. The van der Waals surface area contributed by atoms with Crippen molar-refractivity contribution in [3.63, 3.8) is 0 Å². The summed E-state index contributed by atoms with van der Waals surface area (Å²) in [7, 11) is 0. The second kappa shape index (κ2) is 5.11. The Bertz CT molecular complexity index is 215. The van der Waals surface area contributed by atoms with Crippen molar-refractivity contribution in [3.05, 3.63) is 0 Å². The van der Waals surface area contributed by atoms with Crippen molar-refractivity contribution >= 4 is 5.78 Å². The van der Waals surface area contributed by atoms with E-state index in [1.807, 2.05) is 0 Å². The Morgan fingerprint density at radius 3 is 2.47 bits per heavy atom. The molecule has 0 spiro atoms. The fourth-order valence-corrected chi connectivity index (χ4v) is 2.16. The lowest BCUT2D eigenvalue weighted by molar-refractivity contribution is -0.121. The maximum atomic E-state index is 11.7. The first-order valence-corrected chi connectivity index (χ1v) is 6.08. The summed E-state index contributed by atoms with van der Waals surface area (Å²) in [5.41, 5.74) is 0.240. The molecule has 2 atom stereocenters. The molecule has 0 bridgehead atoms. The van der Waals surface area contributed by atoms with E-state index in [1.165, 1.54) is 0 Å². The van der Waals surface area contributed by atoms with Crippen LogP contribution < -0.4 is 0 Å². The van der Waals surface area contributed by atoms with Crippen molar-refractivity contribution in [2.45, 2.75) is 65.4 Å². The van der Waals surface area contributed by atoms with E-state index >= 15 is 0 Å². The minimum atomic E-state index is -0.219. The minimum Gasteiger partial charge on any atom is -0.393 e. The Morgan fingerprint density at radius 1 is 1.33 bits per heavy atom. The molecule has 0 saturated heterocycles. The standard InChI is InChI=1S/C13H24O2/c1-13(2,3)8-7-11(14)9-10-5-4-6-12(10)15/h10,12,15H,4-9H2,1-3H3. The Labute approximate surface area is 93.1 Å². The van der Waals surface area contributed by atoms with Gasteiger partial charge in [-0.1, -0.05) is 27.2 Å². The van der Waals surface area contributed by atoms with E-state index in [0.717, 1.165) is 25.7 Å². The molecule has 2 nitrogen and oxygen atoms in total. The van der Waals surface area contributed by atoms with E-state index in [2.05, 4.69) is 20.8 Å². The van der Waals surface area contributed by atoms with E-state index in [4.69, 9.17) is 0 Å². The fraction of sp³-hybridized carbons (Fsp3) is 0.923. The lowest BCUT2D eigenvalue weighted by atomic mass is 9.87. The summed E-state index contributed by atoms with van der Waals surface area (Å²) in [6.45, 7) is 6.47. The molecule has 0 aliphatic heterocycles. The summed E-state index contributed by atoms with van der Waals surface area (Å²) in [5.74, 6) is 0.577. The normalized spacial score (nSPS) is 26.9. The average molecular weight is 212 g/mol. The highest BCUT2D eigenvalue weighted by Crippen LogP contribution is 2.29. The second-order valence-corrected chi connectivity index (χ2v) is 6.06. The summed E-state index contributed by atoms with van der Waals surface area (Å²) in [6, 6.07) is 0. The molecule has 1 fully saturated rings. The van der Waals surface area contributed by atoms with Crippen LogP contribution in [-0.2, 0) is 4.79 Å². The largest absolute Gasteiger partial charge is 0.393 e. The lowest BCUT2D eigenvalue weighted by Crippen LogP contribution is -2.18. The van der Waals surface area contributed by atoms with E-state index in [0.29, 0.717) is 18.6 Å². The van der Waals surface area contributed by atoms with Crippen LogP contribution in [0.15, 0.2) is 0 Å². The van der Waals surface area contributed by atoms with E-state index in [-0.39, 0.29) is 17.4 Å². The third kappa shape index (κ3) is 4.78. The minimum absolute atomic E-state index is 0.219. The molecule has 1 aliphatic carbocycles. The molecule has 0 amide bonds. The summed E-state index contributed by atoms with van der Waals surface area (Å²) >= 11 is 0. The third-order valence-electron chi connectivity index (χ3n) is 3.26. The van der Waals surface area contributed by atoms with Gasteiger partial charge in [0, 0.05) is 12.8 Å². The van der Waals surface area contributed by atoms with Crippen LogP contribution in [0.2, 0.25) is 0 Å². The van der Waals surface area contributed by atoms with Gasteiger partial charge in [0.05, 0.1) is 6.10 Å². The number of carbonyl (C=O) groups excluding carboxylic acids is 1.